The molecule has 1 amide bonds. The molecule has 2 heteroatoms. The van der Waals surface area contributed by atoms with Gasteiger partial charge >= 0.3 is 0 Å². The van der Waals surface area contributed by atoms with Crippen LogP contribution in [0.5, 0.6) is 0 Å². The summed E-state index contributed by atoms with van der Waals surface area (Å²) in [6.07, 6.45) is 15.4. The van der Waals surface area contributed by atoms with E-state index in [0.29, 0.717) is 6.54 Å². The second-order valence-electron chi connectivity index (χ2n) is 6.04. The smallest absolute Gasteiger partial charge is 0.244 e. The number of rotatable bonds is 6. The lowest BCUT2D eigenvalue weighted by Gasteiger charge is -2.17. The fourth-order valence-corrected chi connectivity index (χ4v) is 2.50. The average Bonchev–Trinajstić information content (AvgIpc) is 2.46. The molecule has 0 radical (unpaired) electrons. The Hall–Kier alpha value is -2.09. The van der Waals surface area contributed by atoms with Gasteiger partial charge in [-0.15, -0.1) is 0 Å². The van der Waals surface area contributed by atoms with Crippen molar-refractivity contribution in [2.45, 2.75) is 47.0 Å². The fourth-order valence-electron chi connectivity index (χ4n) is 2.50. The first-order valence-electron chi connectivity index (χ1n) is 8.31. The van der Waals surface area contributed by atoms with E-state index in [0.717, 1.165) is 12.0 Å². The van der Waals surface area contributed by atoms with Gasteiger partial charge in [0, 0.05) is 12.6 Å². The maximum Gasteiger partial charge on any atom is 0.244 e. The number of likely N-dealkylation sites (N-methyl/N-ethyl adjacent to an activating group) is 1. The maximum absolute atomic E-state index is 11.4. The molecule has 1 aliphatic rings. The van der Waals surface area contributed by atoms with E-state index in [1.807, 2.05) is 32.1 Å². The Morgan fingerprint density at radius 3 is 2.61 bits per heavy atom. The third kappa shape index (κ3) is 7.14. The van der Waals surface area contributed by atoms with Gasteiger partial charge in [0.1, 0.15) is 0 Å². The molecule has 2 nitrogen and oxygen atoms in total. The van der Waals surface area contributed by atoms with Gasteiger partial charge in [-0.2, -0.15) is 0 Å². The monoisotopic (exact) mass is 311 g/mol. The highest BCUT2D eigenvalue weighted by Gasteiger charge is 2.09. The molecule has 1 aliphatic carbocycles. The standard InChI is InChI=1S/C21H29NO/c1-6-22-21(23)15-17(3)10-7-9-16(2)13-14-20-18(4)11-8-12-19(20)5/h7,9-10,13-15H,4,6,8,11-12H2,1-3,5H3,(H,22,23)/b10-7+,14-13+,16-9+,17-15+. The third-order valence-corrected chi connectivity index (χ3v) is 3.81. The lowest BCUT2D eigenvalue weighted by molar-refractivity contribution is -0.116. The van der Waals surface area contributed by atoms with Crippen LogP contribution in [0.4, 0.5) is 0 Å². The van der Waals surface area contributed by atoms with Gasteiger partial charge < -0.3 is 5.32 Å². The molecule has 0 aromatic heterocycles. The molecule has 0 bridgehead atoms. The van der Waals surface area contributed by atoms with E-state index in [9.17, 15) is 4.79 Å². The summed E-state index contributed by atoms with van der Waals surface area (Å²) in [6.45, 7) is 12.9. The van der Waals surface area contributed by atoms with Gasteiger partial charge in [0.2, 0.25) is 5.91 Å². The maximum atomic E-state index is 11.4. The number of allylic oxidation sites excluding steroid dienone is 10. The Morgan fingerprint density at radius 1 is 1.22 bits per heavy atom. The Labute approximate surface area is 141 Å². The zero-order valence-electron chi connectivity index (χ0n) is 14.9. The van der Waals surface area contributed by atoms with Crippen molar-refractivity contribution in [2.24, 2.45) is 0 Å². The van der Waals surface area contributed by atoms with Crippen LogP contribution in [0.1, 0.15) is 47.0 Å². The molecule has 0 saturated carbocycles. The molecule has 0 heterocycles. The molecule has 1 N–H and O–H groups in total. The van der Waals surface area contributed by atoms with Crippen LogP contribution >= 0.6 is 0 Å². The highest BCUT2D eigenvalue weighted by molar-refractivity contribution is 5.88. The first-order chi connectivity index (χ1) is 10.9. The topological polar surface area (TPSA) is 29.1 Å². The van der Waals surface area contributed by atoms with Crippen molar-refractivity contribution >= 4 is 5.91 Å². The highest BCUT2D eigenvalue weighted by Crippen LogP contribution is 2.29. The molecule has 23 heavy (non-hydrogen) atoms. The van der Waals surface area contributed by atoms with E-state index >= 15 is 0 Å². The van der Waals surface area contributed by atoms with Crippen LogP contribution < -0.4 is 5.32 Å². The van der Waals surface area contributed by atoms with Gasteiger partial charge in [-0.05, 0) is 63.7 Å². The molecule has 1 rings (SSSR count). The van der Waals surface area contributed by atoms with Gasteiger partial charge in [-0.1, -0.05) is 48.1 Å². The number of hydrogen-bond donors (Lipinski definition) is 1. The molecular formula is C21H29NO. The van der Waals surface area contributed by atoms with Gasteiger partial charge in [0.05, 0.1) is 0 Å². The molecule has 0 fully saturated rings. The van der Waals surface area contributed by atoms with Crippen molar-refractivity contribution in [1.82, 2.24) is 5.32 Å². The molecule has 0 spiro atoms. The van der Waals surface area contributed by atoms with Crippen molar-refractivity contribution in [3.63, 3.8) is 0 Å². The number of carbonyl (C=O) groups is 1. The van der Waals surface area contributed by atoms with Crippen molar-refractivity contribution in [1.29, 1.82) is 0 Å². The van der Waals surface area contributed by atoms with E-state index in [4.69, 9.17) is 0 Å². The molecule has 0 aromatic rings. The molecule has 0 atom stereocenters. The first kappa shape index (κ1) is 19.0. The molecule has 0 aromatic carbocycles. The second-order valence-corrected chi connectivity index (χ2v) is 6.04. The summed E-state index contributed by atoms with van der Waals surface area (Å²) in [5.74, 6) is -0.0477. The minimum atomic E-state index is -0.0477. The summed E-state index contributed by atoms with van der Waals surface area (Å²) in [5, 5.41) is 2.75. The van der Waals surface area contributed by atoms with E-state index in [1.54, 1.807) is 6.08 Å². The van der Waals surface area contributed by atoms with Gasteiger partial charge in [0.15, 0.2) is 0 Å². The van der Waals surface area contributed by atoms with Crippen molar-refractivity contribution < 1.29 is 4.79 Å². The Morgan fingerprint density at radius 2 is 1.96 bits per heavy atom. The number of carbonyl (C=O) groups excluding carboxylic acids is 1. The van der Waals surface area contributed by atoms with E-state index in [2.05, 4.69) is 37.9 Å². The molecule has 0 unspecified atom stereocenters. The molecule has 0 saturated heterocycles. The summed E-state index contributed by atoms with van der Waals surface area (Å²) < 4.78 is 0. The fraction of sp³-hybridized carbons (Fsp3) is 0.381. The quantitative estimate of drug-likeness (QED) is 0.531. The normalized spacial score (nSPS) is 17.5. The number of amides is 1. The minimum Gasteiger partial charge on any atom is -0.353 e. The summed E-state index contributed by atoms with van der Waals surface area (Å²) in [4.78, 5) is 11.4. The Kier molecular flexibility index (Phi) is 8.10. The van der Waals surface area contributed by atoms with Crippen LogP contribution in [-0.4, -0.2) is 12.5 Å². The van der Waals surface area contributed by atoms with Crippen LogP contribution in [0, 0.1) is 0 Å². The minimum absolute atomic E-state index is 0.0477. The van der Waals surface area contributed by atoms with Crippen LogP contribution in [0.2, 0.25) is 0 Å². The van der Waals surface area contributed by atoms with Gasteiger partial charge in [0.25, 0.3) is 0 Å². The zero-order chi connectivity index (χ0) is 17.2. The van der Waals surface area contributed by atoms with Crippen molar-refractivity contribution in [2.75, 3.05) is 6.54 Å². The van der Waals surface area contributed by atoms with Crippen LogP contribution in [-0.2, 0) is 4.79 Å². The number of hydrogen-bond acceptors (Lipinski definition) is 1. The van der Waals surface area contributed by atoms with Crippen LogP contribution in [0.25, 0.3) is 0 Å². The van der Waals surface area contributed by atoms with E-state index in [-0.39, 0.29) is 5.91 Å². The molecule has 124 valence electrons. The van der Waals surface area contributed by atoms with Crippen LogP contribution in [0.15, 0.2) is 70.9 Å². The summed E-state index contributed by atoms with van der Waals surface area (Å²) >= 11 is 0. The lowest BCUT2D eigenvalue weighted by atomic mass is 9.88. The lowest BCUT2D eigenvalue weighted by Crippen LogP contribution is -2.20. The largest absolute Gasteiger partial charge is 0.353 e. The van der Waals surface area contributed by atoms with Crippen molar-refractivity contribution in [3.05, 3.63) is 70.9 Å². The summed E-state index contributed by atoms with van der Waals surface area (Å²) in [7, 11) is 0. The Bertz CT molecular complexity index is 597. The SMILES string of the molecule is C=C1CCCC(C)=C1/C=C/C(C)=C/C=C/C(C)=C/C(=O)NCC. The predicted molar refractivity (Wildman–Crippen MR) is 100 cm³/mol. The first-order valence-corrected chi connectivity index (χ1v) is 8.31. The van der Waals surface area contributed by atoms with E-state index < -0.39 is 0 Å². The molecular weight excluding hydrogens is 282 g/mol. The average molecular weight is 311 g/mol. The van der Waals surface area contributed by atoms with Crippen molar-refractivity contribution in [3.8, 4) is 0 Å². The summed E-state index contributed by atoms with van der Waals surface area (Å²) in [6, 6.07) is 0. The predicted octanol–water partition coefficient (Wildman–Crippen LogP) is 5.18. The highest BCUT2D eigenvalue weighted by atomic mass is 16.1. The second kappa shape index (κ2) is 9.83. The molecule has 0 aliphatic heterocycles. The Balaban J connectivity index is 2.67. The number of nitrogens with one attached hydrogen (secondary N) is 1. The van der Waals surface area contributed by atoms with Gasteiger partial charge in [-0.25, -0.2) is 0 Å². The third-order valence-electron chi connectivity index (χ3n) is 3.81. The zero-order valence-corrected chi connectivity index (χ0v) is 14.9. The van der Waals surface area contributed by atoms with Gasteiger partial charge in [-0.3, -0.25) is 4.79 Å². The van der Waals surface area contributed by atoms with Crippen LogP contribution in [0.3, 0.4) is 0 Å². The van der Waals surface area contributed by atoms with E-state index in [1.165, 1.54) is 35.1 Å². The summed E-state index contributed by atoms with van der Waals surface area (Å²) in [5.41, 5.74) is 6.09.